The third-order valence-corrected chi connectivity index (χ3v) is 9.17. The number of alkyl halides is 1. The molecule has 5 rings (SSSR count). The summed E-state index contributed by atoms with van der Waals surface area (Å²) in [7, 11) is -4.16. The molecule has 2 heterocycles. The Balaban J connectivity index is 1.36. The third kappa shape index (κ3) is 7.18. The van der Waals surface area contributed by atoms with Gasteiger partial charge in [0.2, 0.25) is 16.8 Å². The number of hydrogen-bond donors (Lipinski definition) is 3. The van der Waals surface area contributed by atoms with Crippen LogP contribution in [0.1, 0.15) is 12.5 Å². The first-order chi connectivity index (χ1) is 21.0. The van der Waals surface area contributed by atoms with E-state index in [-0.39, 0.29) is 43.5 Å². The zero-order chi connectivity index (χ0) is 31.4. The zero-order valence-corrected chi connectivity index (χ0v) is 25.4. The van der Waals surface area contributed by atoms with E-state index in [2.05, 4.69) is 5.32 Å². The third-order valence-electron chi connectivity index (χ3n) is 7.20. The minimum atomic E-state index is -4.16. The van der Waals surface area contributed by atoms with Crippen molar-refractivity contribution in [2.45, 2.75) is 41.9 Å². The van der Waals surface area contributed by atoms with E-state index < -0.39 is 45.7 Å². The molecular weight excluding hydrogens is 612 g/mol. The molecule has 0 aliphatic carbocycles. The number of halogens is 1. The average Bonchev–Trinajstić information content (AvgIpc) is 3.63. The molecule has 1 saturated heterocycles. The summed E-state index contributed by atoms with van der Waals surface area (Å²) in [4.78, 5) is 27.2. The SMILES string of the molecule is CC(Cl)CN(C[C@@H](O)[C@H](Cc1ccccc1)NC(=O)C1CN(c2cccc(N)c2)C(=O)O1)S(=O)(=O)c1ccc2c(c1)OCO2. The van der Waals surface area contributed by atoms with Crippen LogP contribution in [-0.4, -0.2) is 79.9 Å². The van der Waals surface area contributed by atoms with Crippen LogP contribution >= 0.6 is 11.6 Å². The van der Waals surface area contributed by atoms with E-state index in [1.807, 2.05) is 30.3 Å². The van der Waals surface area contributed by atoms with E-state index in [0.717, 1.165) is 9.87 Å². The Hall–Kier alpha value is -4.04. The summed E-state index contributed by atoms with van der Waals surface area (Å²) in [6.45, 7) is 1.05. The number of amides is 2. The van der Waals surface area contributed by atoms with Gasteiger partial charge in [-0.25, -0.2) is 13.2 Å². The summed E-state index contributed by atoms with van der Waals surface area (Å²) in [5.74, 6) is 0.0764. The number of ether oxygens (including phenoxy) is 3. The molecule has 234 valence electrons. The number of fused-ring (bicyclic) bond motifs is 1. The highest BCUT2D eigenvalue weighted by Gasteiger charge is 2.39. The molecule has 0 saturated carbocycles. The Morgan fingerprint density at radius 3 is 2.57 bits per heavy atom. The lowest BCUT2D eigenvalue weighted by Gasteiger charge is -2.30. The first-order valence-electron chi connectivity index (χ1n) is 13.9. The summed E-state index contributed by atoms with van der Waals surface area (Å²) >= 11 is 6.25. The molecular formula is C30H33ClN4O8S. The number of nitrogens with two attached hydrogens (primary N) is 1. The number of anilines is 2. The van der Waals surface area contributed by atoms with Gasteiger partial charge in [0.25, 0.3) is 5.91 Å². The molecule has 0 spiro atoms. The highest BCUT2D eigenvalue weighted by atomic mass is 35.5. The van der Waals surface area contributed by atoms with Crippen LogP contribution in [-0.2, 0) is 26.0 Å². The number of hydrogen-bond acceptors (Lipinski definition) is 9. The topological polar surface area (TPSA) is 161 Å². The number of carbonyl (C=O) groups excluding carboxylic acids is 2. The van der Waals surface area contributed by atoms with Crippen molar-refractivity contribution in [2.24, 2.45) is 0 Å². The molecule has 0 radical (unpaired) electrons. The molecule has 3 aromatic rings. The number of carbonyl (C=O) groups is 2. The van der Waals surface area contributed by atoms with Gasteiger partial charge in [-0.05, 0) is 49.2 Å². The van der Waals surface area contributed by atoms with Crippen LogP contribution in [0.3, 0.4) is 0 Å². The largest absolute Gasteiger partial charge is 0.454 e. The Morgan fingerprint density at radius 1 is 1.09 bits per heavy atom. The molecule has 2 unspecified atom stereocenters. The first kappa shape index (κ1) is 31.4. The van der Waals surface area contributed by atoms with Gasteiger partial charge in [0.05, 0.1) is 23.6 Å². The smallest absolute Gasteiger partial charge is 0.415 e. The van der Waals surface area contributed by atoms with Gasteiger partial charge >= 0.3 is 6.09 Å². The zero-order valence-electron chi connectivity index (χ0n) is 23.8. The van der Waals surface area contributed by atoms with Gasteiger partial charge in [-0.2, -0.15) is 4.31 Å². The minimum absolute atomic E-state index is 0.0195. The monoisotopic (exact) mass is 644 g/mol. The number of nitrogens with one attached hydrogen (secondary N) is 1. The maximum absolute atomic E-state index is 13.7. The molecule has 2 aliphatic rings. The Labute approximate surface area is 260 Å². The first-order valence-corrected chi connectivity index (χ1v) is 15.8. The molecule has 4 N–H and O–H groups in total. The Kier molecular flexibility index (Phi) is 9.49. The normalized spacial score (nSPS) is 18.1. The van der Waals surface area contributed by atoms with E-state index >= 15 is 0 Å². The van der Waals surface area contributed by atoms with Gasteiger partial charge < -0.3 is 30.4 Å². The van der Waals surface area contributed by atoms with Gasteiger partial charge in [-0.15, -0.1) is 11.6 Å². The van der Waals surface area contributed by atoms with Crippen molar-refractivity contribution in [3.8, 4) is 11.5 Å². The van der Waals surface area contributed by atoms with Crippen LogP contribution in [0.15, 0.2) is 77.7 Å². The lowest BCUT2D eigenvalue weighted by molar-refractivity contribution is -0.129. The number of rotatable bonds is 12. The maximum Gasteiger partial charge on any atom is 0.415 e. The molecule has 1 fully saturated rings. The lowest BCUT2D eigenvalue weighted by atomic mass is 10.0. The molecule has 3 aromatic carbocycles. The summed E-state index contributed by atoms with van der Waals surface area (Å²) in [5.41, 5.74) is 7.56. The number of nitrogens with zero attached hydrogens (tertiary/aromatic N) is 2. The van der Waals surface area contributed by atoms with Crippen molar-refractivity contribution < 1.29 is 37.3 Å². The molecule has 14 heteroatoms. The molecule has 2 aliphatic heterocycles. The van der Waals surface area contributed by atoms with E-state index in [4.69, 9.17) is 31.5 Å². The Bertz CT molecular complexity index is 1610. The van der Waals surface area contributed by atoms with Crippen LogP contribution in [0.2, 0.25) is 0 Å². The molecule has 0 aromatic heterocycles. The fourth-order valence-corrected chi connectivity index (χ4v) is 6.81. The van der Waals surface area contributed by atoms with Crippen molar-refractivity contribution in [1.82, 2.24) is 9.62 Å². The number of aliphatic hydroxyl groups excluding tert-OH is 1. The predicted octanol–water partition coefficient (Wildman–Crippen LogP) is 2.73. The molecule has 2 amide bonds. The van der Waals surface area contributed by atoms with E-state index in [1.54, 1.807) is 31.2 Å². The van der Waals surface area contributed by atoms with Gasteiger partial charge in [0.1, 0.15) is 0 Å². The second-order valence-electron chi connectivity index (χ2n) is 10.6. The highest BCUT2D eigenvalue weighted by Crippen LogP contribution is 2.35. The fourth-order valence-electron chi connectivity index (χ4n) is 5.00. The number of nitrogen functional groups attached to an aromatic ring is 1. The van der Waals surface area contributed by atoms with Crippen molar-refractivity contribution >= 4 is 45.0 Å². The van der Waals surface area contributed by atoms with E-state index in [1.165, 1.54) is 23.1 Å². The highest BCUT2D eigenvalue weighted by molar-refractivity contribution is 7.89. The van der Waals surface area contributed by atoms with Gasteiger partial charge in [0.15, 0.2) is 17.6 Å². The summed E-state index contributed by atoms with van der Waals surface area (Å²) in [6, 6.07) is 19.0. The molecule has 12 nitrogen and oxygen atoms in total. The second-order valence-corrected chi connectivity index (χ2v) is 13.3. The quantitative estimate of drug-likeness (QED) is 0.199. The van der Waals surface area contributed by atoms with E-state index in [0.29, 0.717) is 17.1 Å². The van der Waals surface area contributed by atoms with Crippen molar-refractivity contribution in [2.75, 3.05) is 37.1 Å². The minimum Gasteiger partial charge on any atom is -0.454 e. The maximum atomic E-state index is 13.7. The van der Waals surface area contributed by atoms with Crippen molar-refractivity contribution in [3.05, 3.63) is 78.4 Å². The summed E-state index contributed by atoms with van der Waals surface area (Å²) in [6.07, 6.45) is -3.10. The van der Waals surface area contributed by atoms with Crippen LogP contribution < -0.4 is 25.4 Å². The Morgan fingerprint density at radius 2 is 1.84 bits per heavy atom. The van der Waals surface area contributed by atoms with Crippen LogP contribution in [0, 0.1) is 0 Å². The molecule has 44 heavy (non-hydrogen) atoms. The van der Waals surface area contributed by atoms with Gasteiger partial charge in [-0.3, -0.25) is 9.69 Å². The predicted molar refractivity (Wildman–Crippen MR) is 163 cm³/mol. The van der Waals surface area contributed by atoms with Crippen molar-refractivity contribution in [3.63, 3.8) is 0 Å². The van der Waals surface area contributed by atoms with Crippen LogP contribution in [0.25, 0.3) is 0 Å². The van der Waals surface area contributed by atoms with Gasteiger partial charge in [-0.1, -0.05) is 36.4 Å². The summed E-state index contributed by atoms with van der Waals surface area (Å²) in [5, 5.41) is 13.7. The van der Waals surface area contributed by atoms with Crippen LogP contribution in [0.4, 0.5) is 16.2 Å². The fraction of sp³-hybridized carbons (Fsp3) is 0.333. The summed E-state index contributed by atoms with van der Waals surface area (Å²) < 4.78 is 44.6. The van der Waals surface area contributed by atoms with Crippen molar-refractivity contribution in [1.29, 1.82) is 0 Å². The lowest BCUT2D eigenvalue weighted by Crippen LogP contribution is -2.53. The average molecular weight is 645 g/mol. The standard InChI is InChI=1S/C30H33ClN4O8S/c1-19(31)15-34(44(39,40)23-10-11-26-27(14-23)42-18-41-26)16-25(36)24(12-20-6-3-2-4-7-20)33-29(37)28-17-35(30(38)43-28)22-9-5-8-21(32)13-22/h2-11,13-14,19,24-25,28,36H,12,15-18,32H2,1H3,(H,33,37)/t19?,24-,25+,28?/m0/s1. The second kappa shape index (κ2) is 13.3. The number of cyclic esters (lactones) is 1. The number of benzene rings is 3. The van der Waals surface area contributed by atoms with Gasteiger partial charge in [0, 0.05) is 35.9 Å². The van der Waals surface area contributed by atoms with E-state index in [9.17, 15) is 23.1 Å². The number of aliphatic hydroxyl groups is 1. The molecule has 4 atom stereocenters. The van der Waals surface area contributed by atoms with Crippen LogP contribution in [0.5, 0.6) is 11.5 Å². The number of sulfonamides is 1. The molecule has 0 bridgehead atoms.